The van der Waals surface area contributed by atoms with Crippen LogP contribution in [0.5, 0.6) is 0 Å². The Morgan fingerprint density at radius 2 is 1.86 bits per heavy atom. The number of carbonyl (C=O) groups is 1. The smallest absolute Gasteiger partial charge is 0.237 e. The summed E-state index contributed by atoms with van der Waals surface area (Å²) in [5.41, 5.74) is 4.64. The van der Waals surface area contributed by atoms with E-state index in [-0.39, 0.29) is 11.9 Å². The van der Waals surface area contributed by atoms with E-state index >= 15 is 0 Å². The van der Waals surface area contributed by atoms with Gasteiger partial charge in [0, 0.05) is 17.6 Å². The molecule has 1 aliphatic heterocycles. The molecule has 1 atom stereocenters. The molecule has 0 radical (unpaired) electrons. The summed E-state index contributed by atoms with van der Waals surface area (Å²) < 4.78 is 0. The molecule has 4 rings (SSSR count). The first kappa shape index (κ1) is 19.5. The molecule has 148 valence electrons. The number of amides is 1. The average molecular weight is 397 g/mol. The summed E-state index contributed by atoms with van der Waals surface area (Å²) in [5.74, 6) is 0.228. The molecule has 0 spiro atoms. The number of benzene rings is 2. The van der Waals surface area contributed by atoms with Gasteiger partial charge < -0.3 is 5.32 Å². The van der Waals surface area contributed by atoms with Crippen LogP contribution >= 0.6 is 11.6 Å². The van der Waals surface area contributed by atoms with E-state index in [1.54, 1.807) is 0 Å². The number of halogens is 1. The van der Waals surface area contributed by atoms with Gasteiger partial charge in [0.25, 0.3) is 0 Å². The Bertz CT molecular complexity index is 844. The first-order valence-corrected chi connectivity index (χ1v) is 10.9. The Morgan fingerprint density at radius 3 is 2.64 bits per heavy atom. The van der Waals surface area contributed by atoms with Crippen LogP contribution in [0, 0.1) is 6.92 Å². The molecule has 1 aliphatic carbocycles. The highest BCUT2D eigenvalue weighted by atomic mass is 35.5. The Hall–Kier alpha value is -1.84. The fourth-order valence-corrected chi connectivity index (χ4v) is 4.72. The van der Waals surface area contributed by atoms with Crippen molar-refractivity contribution in [3.8, 4) is 11.1 Å². The van der Waals surface area contributed by atoms with Gasteiger partial charge >= 0.3 is 0 Å². The highest BCUT2D eigenvalue weighted by Crippen LogP contribution is 2.28. The topological polar surface area (TPSA) is 32.3 Å². The van der Waals surface area contributed by atoms with Gasteiger partial charge in [0.2, 0.25) is 5.91 Å². The largest absolute Gasteiger partial charge is 0.352 e. The van der Waals surface area contributed by atoms with E-state index in [4.69, 9.17) is 11.6 Å². The van der Waals surface area contributed by atoms with Gasteiger partial charge in [-0.05, 0) is 73.5 Å². The summed E-state index contributed by atoms with van der Waals surface area (Å²) in [5, 5.41) is 4.09. The standard InChI is InChI=1S/C24H29ClN2O/c1-17-11-12-20(15-22(17)25)19-7-4-6-18(14-19)16-27-13-5-10-23(27)24(28)26-21-8-2-3-9-21/h4,6-7,11-12,14-15,21,23H,2-3,5,8-10,13,16H2,1H3,(H,26,28). The first-order chi connectivity index (χ1) is 13.6. The molecular weight excluding hydrogens is 368 g/mol. The van der Waals surface area contributed by atoms with Crippen molar-refractivity contribution in [3.63, 3.8) is 0 Å². The molecule has 2 aromatic rings. The fraction of sp³-hybridized carbons (Fsp3) is 0.458. The number of rotatable bonds is 5. The Morgan fingerprint density at radius 1 is 1.07 bits per heavy atom. The zero-order valence-corrected chi connectivity index (χ0v) is 17.3. The molecule has 1 amide bonds. The minimum absolute atomic E-state index is 0.0121. The predicted octanol–water partition coefficient (Wildman–Crippen LogP) is 5.34. The lowest BCUT2D eigenvalue weighted by Gasteiger charge is -2.25. The monoisotopic (exact) mass is 396 g/mol. The maximum absolute atomic E-state index is 12.8. The third-order valence-corrected chi connectivity index (χ3v) is 6.59. The van der Waals surface area contributed by atoms with Crippen molar-refractivity contribution >= 4 is 17.5 Å². The number of nitrogens with zero attached hydrogens (tertiary/aromatic N) is 1. The number of carbonyl (C=O) groups excluding carboxylic acids is 1. The van der Waals surface area contributed by atoms with Gasteiger partial charge in [0.15, 0.2) is 0 Å². The van der Waals surface area contributed by atoms with E-state index in [1.807, 2.05) is 13.0 Å². The molecule has 28 heavy (non-hydrogen) atoms. The van der Waals surface area contributed by atoms with Crippen molar-refractivity contribution in [1.82, 2.24) is 10.2 Å². The van der Waals surface area contributed by atoms with Crippen molar-refractivity contribution in [2.75, 3.05) is 6.54 Å². The van der Waals surface area contributed by atoms with Crippen LogP contribution < -0.4 is 5.32 Å². The molecule has 1 unspecified atom stereocenters. The van der Waals surface area contributed by atoms with Crippen molar-refractivity contribution in [2.24, 2.45) is 0 Å². The van der Waals surface area contributed by atoms with Crippen LogP contribution in [0.15, 0.2) is 42.5 Å². The van der Waals surface area contributed by atoms with Gasteiger partial charge in [-0.1, -0.05) is 54.8 Å². The molecule has 3 nitrogen and oxygen atoms in total. The lowest BCUT2D eigenvalue weighted by Crippen LogP contribution is -2.46. The molecule has 4 heteroatoms. The summed E-state index contributed by atoms with van der Waals surface area (Å²) in [4.78, 5) is 15.1. The van der Waals surface area contributed by atoms with Gasteiger partial charge in [0.1, 0.15) is 0 Å². The number of aryl methyl sites for hydroxylation is 1. The minimum atomic E-state index is 0.0121. The second-order valence-electron chi connectivity index (χ2n) is 8.28. The molecule has 1 heterocycles. The van der Waals surface area contributed by atoms with Crippen LogP contribution in [0.1, 0.15) is 49.7 Å². The van der Waals surface area contributed by atoms with Crippen LogP contribution in [-0.2, 0) is 11.3 Å². The van der Waals surface area contributed by atoms with E-state index < -0.39 is 0 Å². The number of hydrogen-bond donors (Lipinski definition) is 1. The van der Waals surface area contributed by atoms with Gasteiger partial charge in [0.05, 0.1) is 6.04 Å². The number of likely N-dealkylation sites (tertiary alicyclic amines) is 1. The molecule has 0 aromatic heterocycles. The van der Waals surface area contributed by atoms with E-state index in [9.17, 15) is 4.79 Å². The molecule has 2 aliphatic rings. The molecule has 1 saturated heterocycles. The summed E-state index contributed by atoms with van der Waals surface area (Å²) in [6.45, 7) is 3.83. The van der Waals surface area contributed by atoms with E-state index in [0.717, 1.165) is 54.9 Å². The molecule has 2 aromatic carbocycles. The van der Waals surface area contributed by atoms with Crippen molar-refractivity contribution in [3.05, 3.63) is 58.6 Å². The Kier molecular flexibility index (Phi) is 6.03. The first-order valence-electron chi connectivity index (χ1n) is 10.5. The Labute approximate surface area is 173 Å². The maximum atomic E-state index is 12.8. The maximum Gasteiger partial charge on any atom is 0.237 e. The molecule has 0 bridgehead atoms. The normalized spacial score (nSPS) is 20.6. The summed E-state index contributed by atoms with van der Waals surface area (Å²) in [6.07, 6.45) is 6.82. The van der Waals surface area contributed by atoms with E-state index in [0.29, 0.717) is 6.04 Å². The zero-order valence-electron chi connectivity index (χ0n) is 16.6. The van der Waals surface area contributed by atoms with E-state index in [2.05, 4.69) is 46.6 Å². The minimum Gasteiger partial charge on any atom is -0.352 e. The number of hydrogen-bond acceptors (Lipinski definition) is 2. The Balaban J connectivity index is 1.45. The second kappa shape index (κ2) is 8.67. The summed E-state index contributed by atoms with van der Waals surface area (Å²) in [7, 11) is 0. The molecule has 1 saturated carbocycles. The summed E-state index contributed by atoms with van der Waals surface area (Å²) >= 11 is 6.31. The molecule has 2 fully saturated rings. The van der Waals surface area contributed by atoms with Gasteiger partial charge in [-0.25, -0.2) is 0 Å². The number of nitrogens with one attached hydrogen (secondary N) is 1. The third-order valence-electron chi connectivity index (χ3n) is 6.19. The highest BCUT2D eigenvalue weighted by Gasteiger charge is 2.32. The quantitative estimate of drug-likeness (QED) is 0.739. The SMILES string of the molecule is Cc1ccc(-c2cccc(CN3CCCC3C(=O)NC3CCCC3)c2)cc1Cl. The second-order valence-corrected chi connectivity index (χ2v) is 8.69. The van der Waals surface area contributed by atoms with Crippen molar-refractivity contribution in [2.45, 2.75) is 64.1 Å². The van der Waals surface area contributed by atoms with Crippen LogP contribution in [0.2, 0.25) is 5.02 Å². The lowest BCUT2D eigenvalue weighted by molar-refractivity contribution is -0.126. The van der Waals surface area contributed by atoms with Crippen LogP contribution in [-0.4, -0.2) is 29.4 Å². The summed E-state index contributed by atoms with van der Waals surface area (Å²) in [6, 6.07) is 15.2. The van der Waals surface area contributed by atoms with Crippen LogP contribution in [0.3, 0.4) is 0 Å². The molecular formula is C24H29ClN2O. The van der Waals surface area contributed by atoms with Crippen LogP contribution in [0.4, 0.5) is 0 Å². The molecule has 1 N–H and O–H groups in total. The third kappa shape index (κ3) is 4.42. The van der Waals surface area contributed by atoms with Crippen molar-refractivity contribution in [1.29, 1.82) is 0 Å². The predicted molar refractivity (Wildman–Crippen MR) is 115 cm³/mol. The zero-order chi connectivity index (χ0) is 19.5. The van der Waals surface area contributed by atoms with Crippen LogP contribution in [0.25, 0.3) is 11.1 Å². The highest BCUT2D eigenvalue weighted by molar-refractivity contribution is 6.31. The van der Waals surface area contributed by atoms with Gasteiger partial charge in [-0.2, -0.15) is 0 Å². The fourth-order valence-electron chi connectivity index (χ4n) is 4.54. The van der Waals surface area contributed by atoms with Crippen molar-refractivity contribution < 1.29 is 4.79 Å². The van der Waals surface area contributed by atoms with Gasteiger partial charge in [-0.3, -0.25) is 9.69 Å². The van der Waals surface area contributed by atoms with Gasteiger partial charge in [-0.15, -0.1) is 0 Å². The lowest BCUT2D eigenvalue weighted by atomic mass is 10.0. The average Bonchev–Trinajstić information content (AvgIpc) is 3.36. The van der Waals surface area contributed by atoms with E-state index in [1.165, 1.54) is 24.0 Å².